The van der Waals surface area contributed by atoms with Crippen LogP contribution >= 0.6 is 11.3 Å². The Balaban J connectivity index is 1.05. The van der Waals surface area contributed by atoms with Gasteiger partial charge in [0.2, 0.25) is 5.88 Å². The summed E-state index contributed by atoms with van der Waals surface area (Å²) in [7, 11) is 0. The Bertz CT molecular complexity index is 2170. The van der Waals surface area contributed by atoms with Gasteiger partial charge in [-0.3, -0.25) is 19.7 Å². The number of hydrogen-bond acceptors (Lipinski definition) is 6. The van der Waals surface area contributed by atoms with Crippen LogP contribution in [0.2, 0.25) is 0 Å². The van der Waals surface area contributed by atoms with Gasteiger partial charge in [0.25, 0.3) is 0 Å². The third kappa shape index (κ3) is 6.57. The molecule has 0 unspecified atom stereocenters. The number of nitrogens with zero attached hydrogens (tertiary/aromatic N) is 1. The normalized spacial score (nSPS) is 11.4. The molecule has 7 aromatic rings. The molecular weight excluding hydrogens is 641 g/mol. The Morgan fingerprint density at radius 2 is 1.26 bits per heavy atom. The molecule has 1 heterocycles. The molecule has 6 nitrogen and oxygen atoms in total. The third-order valence-corrected chi connectivity index (χ3v) is 9.73. The largest absolute Gasteiger partial charge is 0.494 e. The van der Waals surface area contributed by atoms with Gasteiger partial charge in [0.15, 0.2) is 0 Å². The number of aromatic nitrogens is 1. The van der Waals surface area contributed by atoms with E-state index < -0.39 is 5.54 Å². The summed E-state index contributed by atoms with van der Waals surface area (Å²) in [4.78, 5) is 19.9. The molecule has 7 heteroatoms. The highest BCUT2D eigenvalue weighted by molar-refractivity contribution is 7.09. The molecule has 0 spiro atoms. The smallest absolute Gasteiger partial charge is 0.311 e. The van der Waals surface area contributed by atoms with E-state index in [0.717, 1.165) is 44.5 Å². The Hall–Kier alpha value is -5.89. The lowest BCUT2D eigenvalue weighted by molar-refractivity contribution is 0.0541. The van der Waals surface area contributed by atoms with E-state index in [1.54, 1.807) is 4.57 Å². The molecule has 0 saturated heterocycles. The van der Waals surface area contributed by atoms with Crippen LogP contribution in [0.3, 0.4) is 0 Å². The third-order valence-electron chi connectivity index (χ3n) is 8.80. The van der Waals surface area contributed by atoms with Crippen molar-refractivity contribution < 1.29 is 14.7 Å². The van der Waals surface area contributed by atoms with Crippen LogP contribution in [0.5, 0.6) is 11.6 Å². The van der Waals surface area contributed by atoms with Gasteiger partial charge in [0.1, 0.15) is 24.5 Å². The second-order valence-corrected chi connectivity index (χ2v) is 13.0. The van der Waals surface area contributed by atoms with Crippen molar-refractivity contribution in [2.24, 2.45) is 0 Å². The van der Waals surface area contributed by atoms with E-state index in [9.17, 15) is 9.90 Å². The molecule has 0 aliphatic heterocycles. The van der Waals surface area contributed by atoms with Crippen molar-refractivity contribution >= 4 is 27.8 Å². The average Bonchev–Trinajstić information content (AvgIpc) is 3.45. The highest BCUT2D eigenvalue weighted by Gasteiger charge is 2.42. The number of rotatable bonds is 13. The van der Waals surface area contributed by atoms with Crippen LogP contribution in [-0.2, 0) is 16.8 Å². The SMILES string of the molecule is C=C(NOCCOc1ccc(Cc2sc(=O)n(C(c3ccccc3)(c3ccccc3)c3ccccc3)c2O)cc1)c1ccc2ccccc2c1. The Morgan fingerprint density at radius 1 is 0.700 bits per heavy atom. The fourth-order valence-corrected chi connectivity index (χ4v) is 7.36. The lowest BCUT2D eigenvalue weighted by Gasteiger charge is -2.37. The Labute approximate surface area is 295 Å². The molecule has 0 bridgehead atoms. The molecule has 0 radical (unpaired) electrons. The number of thiazole rings is 1. The number of aromatic hydroxyl groups is 1. The minimum atomic E-state index is -1.09. The van der Waals surface area contributed by atoms with Crippen molar-refractivity contribution in [3.05, 3.63) is 207 Å². The number of benzene rings is 6. The quantitative estimate of drug-likeness (QED) is 0.0726. The minimum Gasteiger partial charge on any atom is -0.494 e. The van der Waals surface area contributed by atoms with Gasteiger partial charge in [0, 0.05) is 6.42 Å². The van der Waals surface area contributed by atoms with E-state index in [-0.39, 0.29) is 10.8 Å². The lowest BCUT2D eigenvalue weighted by Crippen LogP contribution is -2.42. The van der Waals surface area contributed by atoms with Crippen molar-refractivity contribution in [3.8, 4) is 11.6 Å². The molecule has 0 atom stereocenters. The predicted molar refractivity (Wildman–Crippen MR) is 202 cm³/mol. The van der Waals surface area contributed by atoms with Crippen LogP contribution in [0.4, 0.5) is 0 Å². The summed E-state index contributed by atoms with van der Waals surface area (Å²) in [6, 6.07) is 51.6. The van der Waals surface area contributed by atoms with Crippen molar-refractivity contribution in [1.82, 2.24) is 10.0 Å². The van der Waals surface area contributed by atoms with Gasteiger partial charge >= 0.3 is 4.87 Å². The van der Waals surface area contributed by atoms with Gasteiger partial charge in [-0.05, 0) is 56.8 Å². The number of ether oxygens (including phenoxy) is 1. The number of hydroxylamine groups is 1. The molecule has 50 heavy (non-hydrogen) atoms. The lowest BCUT2D eigenvalue weighted by atomic mass is 9.76. The van der Waals surface area contributed by atoms with Gasteiger partial charge in [-0.2, -0.15) is 0 Å². The molecule has 1 aromatic heterocycles. The monoisotopic (exact) mass is 676 g/mol. The Morgan fingerprint density at radius 3 is 1.86 bits per heavy atom. The molecule has 0 aliphatic carbocycles. The predicted octanol–water partition coefficient (Wildman–Crippen LogP) is 8.77. The first-order valence-electron chi connectivity index (χ1n) is 16.4. The molecule has 6 aromatic carbocycles. The van der Waals surface area contributed by atoms with E-state index in [0.29, 0.717) is 36.0 Å². The van der Waals surface area contributed by atoms with Crippen LogP contribution in [0.1, 0.15) is 32.7 Å². The molecule has 0 fully saturated rings. The first-order chi connectivity index (χ1) is 24.5. The second kappa shape index (κ2) is 14.7. The van der Waals surface area contributed by atoms with Crippen molar-refractivity contribution in [2.75, 3.05) is 13.2 Å². The maximum atomic E-state index is 14.0. The van der Waals surface area contributed by atoms with Gasteiger partial charge in [-0.25, -0.2) is 0 Å². The standard InChI is InChI=1S/C43H36N2O4S/c1-31(34-24-23-33-13-11-12-14-35(33)30-34)44-49-28-27-48-39-25-21-32(22-26-39)29-40-41(46)45(42(47)50-40)43(36-15-5-2-6-16-36,37-17-7-3-8-18-37)38-19-9-4-10-20-38/h2-26,30,44,46H,1,27-29H2. The van der Waals surface area contributed by atoms with E-state index >= 15 is 0 Å². The first kappa shape index (κ1) is 32.6. The summed E-state index contributed by atoms with van der Waals surface area (Å²) in [5.74, 6) is 0.642. The summed E-state index contributed by atoms with van der Waals surface area (Å²) in [6.07, 6.45) is 0.386. The zero-order chi connectivity index (χ0) is 34.3. The van der Waals surface area contributed by atoms with Crippen molar-refractivity contribution in [3.63, 3.8) is 0 Å². The summed E-state index contributed by atoms with van der Waals surface area (Å²) < 4.78 is 7.45. The Kier molecular flexibility index (Phi) is 9.60. The average molecular weight is 677 g/mol. The fraction of sp³-hybridized carbons (Fsp3) is 0.0930. The molecule has 7 rings (SSSR count). The number of hydrogen-bond donors (Lipinski definition) is 2. The second-order valence-electron chi connectivity index (χ2n) is 11.9. The molecule has 2 N–H and O–H groups in total. The van der Waals surface area contributed by atoms with E-state index in [1.807, 2.05) is 133 Å². The van der Waals surface area contributed by atoms with E-state index in [4.69, 9.17) is 9.57 Å². The van der Waals surface area contributed by atoms with Crippen LogP contribution < -0.4 is 15.1 Å². The van der Waals surface area contributed by atoms with E-state index in [1.165, 1.54) is 5.39 Å². The number of fused-ring (bicyclic) bond motifs is 1. The number of nitrogens with one attached hydrogen (secondary N) is 1. The zero-order valence-corrected chi connectivity index (χ0v) is 28.2. The van der Waals surface area contributed by atoms with Crippen molar-refractivity contribution in [1.29, 1.82) is 0 Å². The molecule has 0 saturated carbocycles. The molecule has 248 valence electrons. The summed E-state index contributed by atoms with van der Waals surface area (Å²) in [6.45, 7) is 4.74. The van der Waals surface area contributed by atoms with Gasteiger partial charge in [-0.15, -0.1) is 0 Å². The summed E-state index contributed by atoms with van der Waals surface area (Å²) >= 11 is 1.07. The molecule has 0 amide bonds. The zero-order valence-electron chi connectivity index (χ0n) is 27.4. The van der Waals surface area contributed by atoms with Crippen LogP contribution in [0.15, 0.2) is 169 Å². The van der Waals surface area contributed by atoms with E-state index in [2.05, 4.69) is 36.3 Å². The van der Waals surface area contributed by atoms with Crippen LogP contribution in [-0.4, -0.2) is 22.9 Å². The summed E-state index contributed by atoms with van der Waals surface area (Å²) in [5, 5.41) is 14.2. The van der Waals surface area contributed by atoms with Crippen molar-refractivity contribution in [2.45, 2.75) is 12.0 Å². The summed E-state index contributed by atoms with van der Waals surface area (Å²) in [5.41, 5.74) is 7.02. The topological polar surface area (TPSA) is 72.7 Å². The van der Waals surface area contributed by atoms with Crippen LogP contribution in [0, 0.1) is 0 Å². The minimum absolute atomic E-state index is 0.0492. The van der Waals surface area contributed by atoms with Crippen LogP contribution in [0.25, 0.3) is 16.5 Å². The maximum absolute atomic E-state index is 14.0. The molecule has 0 aliphatic rings. The fourth-order valence-electron chi connectivity index (χ4n) is 6.41. The van der Waals surface area contributed by atoms with Gasteiger partial charge in [-0.1, -0.05) is 157 Å². The first-order valence-corrected chi connectivity index (χ1v) is 17.2. The van der Waals surface area contributed by atoms with Gasteiger partial charge in [0.05, 0.1) is 10.6 Å². The maximum Gasteiger partial charge on any atom is 0.311 e. The highest BCUT2D eigenvalue weighted by atomic mass is 32.1. The highest BCUT2D eigenvalue weighted by Crippen LogP contribution is 2.43. The molecular formula is C43H36N2O4S. The van der Waals surface area contributed by atoms with Gasteiger partial charge < -0.3 is 9.84 Å².